The van der Waals surface area contributed by atoms with E-state index in [9.17, 15) is 9.18 Å². The number of nitrogens with one attached hydrogen (secondary N) is 2. The molecule has 1 aromatic heterocycles. The monoisotopic (exact) mass is 300 g/mol. The third-order valence-corrected chi connectivity index (χ3v) is 4.55. The average Bonchev–Trinajstić information content (AvgIpc) is 2.80. The Kier molecular flexibility index (Phi) is 2.84. The van der Waals surface area contributed by atoms with Crippen LogP contribution in [0.15, 0.2) is 17.2 Å². The maximum atomic E-state index is 13.8. The van der Waals surface area contributed by atoms with Gasteiger partial charge in [0, 0.05) is 29.2 Å². The maximum Gasteiger partial charge on any atom is 0.272 e. The summed E-state index contributed by atoms with van der Waals surface area (Å²) in [7, 11) is 0. The fourth-order valence-corrected chi connectivity index (χ4v) is 3.53. The van der Waals surface area contributed by atoms with E-state index >= 15 is 0 Å². The van der Waals surface area contributed by atoms with Gasteiger partial charge in [-0.3, -0.25) is 9.69 Å². The van der Waals surface area contributed by atoms with E-state index < -0.39 is 5.82 Å². The molecule has 1 aromatic carbocycles. The summed E-state index contributed by atoms with van der Waals surface area (Å²) in [4.78, 5) is 17.8. The summed E-state index contributed by atoms with van der Waals surface area (Å²) in [5.74, 6) is -0.777. The number of rotatable bonds is 2. The molecule has 6 heteroatoms. The number of hydrogen-bond donors (Lipinski definition) is 2. The van der Waals surface area contributed by atoms with Crippen molar-refractivity contribution in [2.24, 2.45) is 5.10 Å². The number of carbonyl (C=O) groups excluding carboxylic acids is 1. The molecule has 3 heterocycles. The lowest BCUT2D eigenvalue weighted by Gasteiger charge is -2.33. The van der Waals surface area contributed by atoms with E-state index in [0.29, 0.717) is 17.6 Å². The minimum Gasteiger partial charge on any atom is -0.356 e. The summed E-state index contributed by atoms with van der Waals surface area (Å²) in [6.07, 6.45) is 1.04. The van der Waals surface area contributed by atoms with Crippen LogP contribution < -0.4 is 5.43 Å². The zero-order chi connectivity index (χ0) is 15.4. The van der Waals surface area contributed by atoms with E-state index in [0.717, 1.165) is 35.3 Å². The number of hydrogen-bond acceptors (Lipinski definition) is 3. The first-order chi connectivity index (χ1) is 10.6. The molecule has 22 heavy (non-hydrogen) atoms. The van der Waals surface area contributed by atoms with Crippen molar-refractivity contribution in [2.75, 3.05) is 13.1 Å². The van der Waals surface area contributed by atoms with Crippen molar-refractivity contribution in [1.29, 1.82) is 0 Å². The molecule has 2 N–H and O–H groups in total. The van der Waals surface area contributed by atoms with Crippen molar-refractivity contribution >= 4 is 22.5 Å². The van der Waals surface area contributed by atoms with Crippen LogP contribution in [0.2, 0.25) is 0 Å². The number of H-pyrrole nitrogens is 1. The molecular weight excluding hydrogens is 283 g/mol. The average molecular weight is 300 g/mol. The largest absolute Gasteiger partial charge is 0.356 e. The summed E-state index contributed by atoms with van der Waals surface area (Å²) < 4.78 is 13.8. The van der Waals surface area contributed by atoms with Gasteiger partial charge in [-0.1, -0.05) is 6.92 Å². The minimum atomic E-state index is -0.419. The third-order valence-electron chi connectivity index (χ3n) is 4.55. The molecule has 1 atom stereocenters. The van der Waals surface area contributed by atoms with Crippen LogP contribution in [0.1, 0.15) is 47.9 Å². The second kappa shape index (κ2) is 4.64. The molecule has 0 saturated carbocycles. The van der Waals surface area contributed by atoms with Gasteiger partial charge in [0.25, 0.3) is 5.91 Å². The fourth-order valence-electron chi connectivity index (χ4n) is 3.53. The van der Waals surface area contributed by atoms with Gasteiger partial charge in [0.2, 0.25) is 0 Å². The van der Waals surface area contributed by atoms with Crippen LogP contribution in [0.25, 0.3) is 10.9 Å². The Balaban J connectivity index is 2.03. The van der Waals surface area contributed by atoms with Gasteiger partial charge in [-0.05, 0) is 32.0 Å². The normalized spacial score (nSPS) is 20.8. The molecular formula is C16H17FN4O. The molecule has 2 aromatic rings. The molecule has 114 valence electrons. The summed E-state index contributed by atoms with van der Waals surface area (Å²) in [6, 6.07) is 2.92. The highest BCUT2D eigenvalue weighted by Gasteiger charge is 2.34. The van der Waals surface area contributed by atoms with Crippen molar-refractivity contribution < 1.29 is 9.18 Å². The lowest BCUT2D eigenvalue weighted by molar-refractivity contribution is 0.0956. The summed E-state index contributed by atoms with van der Waals surface area (Å²) in [5.41, 5.74) is 6.37. The molecule has 1 amide bonds. The molecule has 0 spiro atoms. The van der Waals surface area contributed by atoms with Crippen molar-refractivity contribution in [1.82, 2.24) is 15.3 Å². The predicted molar refractivity (Wildman–Crippen MR) is 82.5 cm³/mol. The van der Waals surface area contributed by atoms with Crippen LogP contribution in [-0.4, -0.2) is 34.6 Å². The van der Waals surface area contributed by atoms with Gasteiger partial charge in [-0.2, -0.15) is 5.10 Å². The van der Waals surface area contributed by atoms with Crippen molar-refractivity contribution in [3.63, 3.8) is 0 Å². The van der Waals surface area contributed by atoms with E-state index in [2.05, 4.69) is 34.3 Å². The van der Waals surface area contributed by atoms with Crippen LogP contribution >= 0.6 is 0 Å². The van der Waals surface area contributed by atoms with E-state index in [1.807, 2.05) is 0 Å². The minimum absolute atomic E-state index is 0.186. The van der Waals surface area contributed by atoms with Crippen molar-refractivity contribution in [2.45, 2.75) is 26.3 Å². The molecule has 2 aliphatic heterocycles. The van der Waals surface area contributed by atoms with E-state index in [4.69, 9.17) is 0 Å². The quantitative estimate of drug-likeness (QED) is 0.895. The number of benzene rings is 1. The lowest BCUT2D eigenvalue weighted by Crippen LogP contribution is -2.39. The van der Waals surface area contributed by atoms with Crippen LogP contribution in [0.4, 0.5) is 4.39 Å². The van der Waals surface area contributed by atoms with Gasteiger partial charge in [-0.15, -0.1) is 0 Å². The number of amides is 1. The lowest BCUT2D eigenvalue weighted by atomic mass is 9.94. The van der Waals surface area contributed by atoms with Gasteiger partial charge in [0.05, 0.1) is 16.8 Å². The highest BCUT2D eigenvalue weighted by molar-refractivity contribution is 6.21. The molecule has 0 saturated heterocycles. The molecule has 5 nitrogen and oxygen atoms in total. The fraction of sp³-hybridized carbons (Fsp3) is 0.375. The Morgan fingerprint density at radius 3 is 3.05 bits per heavy atom. The number of hydrazone groups is 1. The molecule has 0 aliphatic carbocycles. The Morgan fingerprint density at radius 2 is 2.27 bits per heavy atom. The second-order valence-electron chi connectivity index (χ2n) is 5.94. The van der Waals surface area contributed by atoms with Gasteiger partial charge < -0.3 is 4.98 Å². The van der Waals surface area contributed by atoms with Crippen molar-refractivity contribution in [3.8, 4) is 0 Å². The Bertz CT molecular complexity index is 823. The number of halogens is 1. The van der Waals surface area contributed by atoms with Gasteiger partial charge >= 0.3 is 0 Å². The number of nitrogens with zero attached hydrogens (tertiary/aromatic N) is 2. The zero-order valence-corrected chi connectivity index (χ0v) is 12.5. The van der Waals surface area contributed by atoms with Crippen LogP contribution in [0, 0.1) is 5.82 Å². The molecule has 0 bridgehead atoms. The number of carbonyl (C=O) groups is 1. The Morgan fingerprint density at radius 1 is 1.45 bits per heavy atom. The van der Waals surface area contributed by atoms with Gasteiger partial charge in [0.1, 0.15) is 5.82 Å². The zero-order valence-electron chi connectivity index (χ0n) is 12.5. The number of aromatic amines is 1. The first-order valence-corrected chi connectivity index (χ1v) is 7.56. The predicted octanol–water partition coefficient (Wildman–Crippen LogP) is 2.54. The second-order valence-corrected chi connectivity index (χ2v) is 5.94. The van der Waals surface area contributed by atoms with Crippen LogP contribution in [-0.2, 0) is 0 Å². The molecule has 1 unspecified atom stereocenters. The first-order valence-electron chi connectivity index (χ1n) is 7.56. The van der Waals surface area contributed by atoms with Crippen molar-refractivity contribution in [3.05, 3.63) is 34.8 Å². The van der Waals surface area contributed by atoms with Gasteiger partial charge in [-0.25, -0.2) is 9.82 Å². The Hall–Kier alpha value is -2.21. The summed E-state index contributed by atoms with van der Waals surface area (Å²) in [6.45, 7) is 5.90. The number of aromatic nitrogens is 1. The molecule has 0 radical (unpaired) electrons. The highest BCUT2D eigenvalue weighted by Crippen LogP contribution is 2.37. The van der Waals surface area contributed by atoms with Crippen LogP contribution in [0.3, 0.4) is 0 Å². The maximum absolute atomic E-state index is 13.8. The van der Waals surface area contributed by atoms with E-state index in [1.165, 1.54) is 12.1 Å². The first kappa shape index (κ1) is 13.5. The van der Waals surface area contributed by atoms with Crippen LogP contribution in [0.5, 0.6) is 0 Å². The molecule has 2 aliphatic rings. The molecule has 0 fully saturated rings. The van der Waals surface area contributed by atoms with E-state index in [-0.39, 0.29) is 11.9 Å². The smallest absolute Gasteiger partial charge is 0.272 e. The Labute approximate surface area is 127 Å². The van der Waals surface area contributed by atoms with Gasteiger partial charge in [0.15, 0.2) is 0 Å². The highest BCUT2D eigenvalue weighted by atomic mass is 19.1. The topological polar surface area (TPSA) is 60.5 Å². The van der Waals surface area contributed by atoms with E-state index in [1.54, 1.807) is 0 Å². The third kappa shape index (κ3) is 1.73. The molecule has 4 rings (SSSR count). The SMILES string of the molecule is CCCN1CC2=NNC(=O)c3cc(F)cc4[nH]c(c2c34)C1C. The standard InChI is InChI=1S/C16H17FN4O/c1-3-4-21-7-12-14-13-10(16(22)20-19-12)5-9(17)6-11(13)18-15(14)8(21)2/h5-6,8,18H,3-4,7H2,1-2H3,(H,20,22). The summed E-state index contributed by atoms with van der Waals surface area (Å²) >= 11 is 0. The summed E-state index contributed by atoms with van der Waals surface area (Å²) in [5, 5.41) is 5.06.